The summed E-state index contributed by atoms with van der Waals surface area (Å²) in [7, 11) is 0. The molecule has 1 aliphatic rings. The SMILES string of the molecule is CC1(C)c2ccccc2-c2ccc(N(c3ccccc3)c3cc(N(c4ccccc4)c4ccc5oc6ccccc6c5c4)cc4oc(-c5ccccc5)nc34)cc21. The largest absolute Gasteiger partial charge is 0.456 e. The van der Waals surface area contributed by atoms with Gasteiger partial charge in [0.05, 0.1) is 11.4 Å². The Bertz CT molecular complexity index is 3110. The summed E-state index contributed by atoms with van der Waals surface area (Å²) in [5.41, 5.74) is 15.1. The Kier molecular flexibility index (Phi) is 7.45. The molecule has 0 N–H and O–H groups in total. The van der Waals surface area contributed by atoms with E-state index in [4.69, 9.17) is 13.8 Å². The predicted molar refractivity (Wildman–Crippen MR) is 234 cm³/mol. The van der Waals surface area contributed by atoms with Gasteiger partial charge in [0.15, 0.2) is 5.58 Å². The van der Waals surface area contributed by atoms with E-state index in [1.54, 1.807) is 0 Å². The van der Waals surface area contributed by atoms with E-state index in [1.807, 2.05) is 42.5 Å². The molecule has 0 radical (unpaired) electrons. The van der Waals surface area contributed by atoms with E-state index >= 15 is 0 Å². The summed E-state index contributed by atoms with van der Waals surface area (Å²) in [4.78, 5) is 9.89. The maximum absolute atomic E-state index is 6.76. The van der Waals surface area contributed by atoms with Crippen molar-refractivity contribution in [3.8, 4) is 22.6 Å². The van der Waals surface area contributed by atoms with Gasteiger partial charge in [-0.25, -0.2) is 4.98 Å². The Hall–Kier alpha value is -7.37. The lowest BCUT2D eigenvalue weighted by Crippen LogP contribution is -2.17. The molecule has 2 aromatic heterocycles. The minimum atomic E-state index is -0.171. The quantitative estimate of drug-likeness (QED) is 0.163. The van der Waals surface area contributed by atoms with Crippen LogP contribution in [0, 0.1) is 0 Å². The average Bonchev–Trinajstić information content (AvgIpc) is 3.93. The summed E-state index contributed by atoms with van der Waals surface area (Å²) in [6.45, 7) is 4.66. The van der Waals surface area contributed by atoms with Gasteiger partial charge < -0.3 is 18.6 Å². The van der Waals surface area contributed by atoms with E-state index in [-0.39, 0.29) is 5.41 Å². The standard InChI is InChI=1S/C52H37N3O2/c1-52(2)44-24-14-12-22-40(44)41-28-26-38(31-45(41)52)55(36-20-10-5-11-21-36)46-32-39(33-49-50(46)53-51(57-49)34-16-6-3-7-17-34)54(35-18-8-4-9-19-35)37-27-29-48-43(30-37)42-23-13-15-25-47(42)56-48/h3-33H,1-2H3. The maximum atomic E-state index is 6.76. The van der Waals surface area contributed by atoms with Crippen molar-refractivity contribution in [1.29, 1.82) is 0 Å². The van der Waals surface area contributed by atoms with Gasteiger partial charge in [0.25, 0.3) is 0 Å². The number of para-hydroxylation sites is 3. The first-order valence-corrected chi connectivity index (χ1v) is 19.4. The lowest BCUT2D eigenvalue weighted by Gasteiger charge is -2.30. The van der Waals surface area contributed by atoms with Crippen LogP contribution in [-0.4, -0.2) is 4.98 Å². The summed E-state index contributed by atoms with van der Waals surface area (Å²) in [5.74, 6) is 0.570. The minimum Gasteiger partial charge on any atom is -0.456 e. The Morgan fingerprint density at radius 3 is 1.82 bits per heavy atom. The Morgan fingerprint density at radius 1 is 0.421 bits per heavy atom. The van der Waals surface area contributed by atoms with Crippen LogP contribution in [0.2, 0.25) is 0 Å². The third-order valence-corrected chi connectivity index (χ3v) is 11.5. The number of aromatic nitrogens is 1. The lowest BCUT2D eigenvalue weighted by molar-refractivity contribution is 0.620. The van der Waals surface area contributed by atoms with Crippen LogP contribution in [0.5, 0.6) is 0 Å². The third kappa shape index (κ3) is 5.35. The smallest absolute Gasteiger partial charge is 0.227 e. The Labute approximate surface area is 330 Å². The predicted octanol–water partition coefficient (Wildman–Crippen LogP) is 14.6. The summed E-state index contributed by atoms with van der Waals surface area (Å²) >= 11 is 0. The van der Waals surface area contributed by atoms with E-state index in [1.165, 1.54) is 22.3 Å². The minimum absolute atomic E-state index is 0.171. The van der Waals surface area contributed by atoms with Crippen molar-refractivity contribution in [2.45, 2.75) is 19.3 Å². The van der Waals surface area contributed by atoms with Crippen LogP contribution in [0.4, 0.5) is 34.1 Å². The molecule has 0 bridgehead atoms. The number of furan rings is 1. The monoisotopic (exact) mass is 735 g/mol. The van der Waals surface area contributed by atoms with Crippen LogP contribution >= 0.6 is 0 Å². The molecule has 0 saturated carbocycles. The first-order valence-electron chi connectivity index (χ1n) is 19.4. The van der Waals surface area contributed by atoms with Crippen molar-refractivity contribution >= 4 is 67.2 Å². The summed E-state index contributed by atoms with van der Waals surface area (Å²) in [6, 6.07) is 65.9. The van der Waals surface area contributed by atoms with Crippen LogP contribution in [0.15, 0.2) is 197 Å². The molecule has 5 nitrogen and oxygen atoms in total. The second-order valence-electron chi connectivity index (χ2n) is 15.2. The van der Waals surface area contributed by atoms with Gasteiger partial charge in [-0.15, -0.1) is 0 Å². The third-order valence-electron chi connectivity index (χ3n) is 11.5. The van der Waals surface area contributed by atoms with E-state index in [9.17, 15) is 0 Å². The molecule has 0 spiro atoms. The fraction of sp³-hybridized carbons (Fsp3) is 0.0577. The first kappa shape index (κ1) is 33.0. The fourth-order valence-corrected chi connectivity index (χ4v) is 8.71. The second kappa shape index (κ2) is 12.9. The molecular formula is C52H37N3O2. The van der Waals surface area contributed by atoms with Crippen LogP contribution in [0.25, 0.3) is 55.6 Å². The van der Waals surface area contributed by atoms with Gasteiger partial charge in [0.2, 0.25) is 5.89 Å². The van der Waals surface area contributed by atoms with Gasteiger partial charge in [-0.05, 0) is 101 Å². The number of fused-ring (bicyclic) bond motifs is 7. The van der Waals surface area contributed by atoms with Crippen LogP contribution in [0.1, 0.15) is 25.0 Å². The van der Waals surface area contributed by atoms with Crippen molar-refractivity contribution in [1.82, 2.24) is 4.98 Å². The summed E-state index contributed by atoms with van der Waals surface area (Å²) < 4.78 is 13.0. The molecule has 0 fully saturated rings. The molecule has 0 atom stereocenters. The maximum Gasteiger partial charge on any atom is 0.227 e. The molecule has 2 heterocycles. The number of hydrogen-bond donors (Lipinski definition) is 0. The van der Waals surface area contributed by atoms with Crippen molar-refractivity contribution in [2.24, 2.45) is 0 Å². The van der Waals surface area contributed by atoms with Crippen molar-refractivity contribution in [3.05, 3.63) is 199 Å². The topological polar surface area (TPSA) is 45.7 Å². The number of rotatable bonds is 7. The first-order chi connectivity index (χ1) is 28.0. The van der Waals surface area contributed by atoms with Gasteiger partial charge in [-0.3, -0.25) is 0 Å². The highest BCUT2D eigenvalue weighted by Crippen LogP contribution is 2.52. The zero-order valence-corrected chi connectivity index (χ0v) is 31.6. The van der Waals surface area contributed by atoms with Crippen molar-refractivity contribution in [3.63, 3.8) is 0 Å². The molecule has 0 saturated heterocycles. The molecule has 11 rings (SSSR count). The number of hydrogen-bond acceptors (Lipinski definition) is 5. The number of oxazole rings is 1. The van der Waals surface area contributed by atoms with Gasteiger partial charge in [-0.1, -0.05) is 117 Å². The molecule has 1 aliphatic carbocycles. The molecule has 0 unspecified atom stereocenters. The molecule has 10 aromatic rings. The van der Waals surface area contributed by atoms with Gasteiger partial charge in [0.1, 0.15) is 16.7 Å². The zero-order chi connectivity index (χ0) is 38.1. The highest BCUT2D eigenvalue weighted by atomic mass is 16.3. The van der Waals surface area contributed by atoms with Crippen LogP contribution in [0.3, 0.4) is 0 Å². The molecular weight excluding hydrogens is 699 g/mol. The van der Waals surface area contributed by atoms with E-state index in [0.717, 1.165) is 67.1 Å². The Balaban J connectivity index is 1.18. The fourth-order valence-electron chi connectivity index (χ4n) is 8.71. The van der Waals surface area contributed by atoms with Gasteiger partial charge in [0, 0.05) is 50.6 Å². The average molecular weight is 736 g/mol. The highest BCUT2D eigenvalue weighted by molar-refractivity contribution is 6.07. The highest BCUT2D eigenvalue weighted by Gasteiger charge is 2.36. The molecule has 0 aliphatic heterocycles. The van der Waals surface area contributed by atoms with E-state index in [0.29, 0.717) is 11.5 Å². The van der Waals surface area contributed by atoms with Crippen molar-refractivity contribution < 1.29 is 8.83 Å². The number of nitrogens with zero attached hydrogens (tertiary/aromatic N) is 3. The summed E-state index contributed by atoms with van der Waals surface area (Å²) in [5, 5.41) is 2.14. The Morgan fingerprint density at radius 2 is 1.04 bits per heavy atom. The van der Waals surface area contributed by atoms with E-state index < -0.39 is 0 Å². The van der Waals surface area contributed by atoms with Crippen LogP contribution in [-0.2, 0) is 5.41 Å². The molecule has 5 heteroatoms. The second-order valence-corrected chi connectivity index (χ2v) is 15.2. The summed E-state index contributed by atoms with van der Waals surface area (Å²) in [6.07, 6.45) is 0. The van der Waals surface area contributed by atoms with Gasteiger partial charge in [-0.2, -0.15) is 0 Å². The van der Waals surface area contributed by atoms with Gasteiger partial charge >= 0.3 is 0 Å². The van der Waals surface area contributed by atoms with Crippen LogP contribution < -0.4 is 9.80 Å². The molecule has 57 heavy (non-hydrogen) atoms. The molecule has 272 valence electrons. The van der Waals surface area contributed by atoms with Crippen molar-refractivity contribution in [2.75, 3.05) is 9.80 Å². The number of benzene rings is 8. The van der Waals surface area contributed by atoms with E-state index in [2.05, 4.69) is 169 Å². The zero-order valence-electron chi connectivity index (χ0n) is 31.6. The number of anilines is 6. The molecule has 8 aromatic carbocycles. The molecule has 0 amide bonds. The normalized spacial score (nSPS) is 12.9. The lowest BCUT2D eigenvalue weighted by atomic mass is 9.82.